The molecule has 0 saturated heterocycles. The van der Waals surface area contributed by atoms with Crippen LogP contribution in [0.15, 0.2) is 21.2 Å². The van der Waals surface area contributed by atoms with Crippen molar-refractivity contribution in [2.45, 2.75) is 0 Å². The molecule has 5 nitrogen and oxygen atoms in total. The normalized spacial score (nSPS) is 9.31. The van der Waals surface area contributed by atoms with Crippen LogP contribution in [-0.2, 0) is 0 Å². The summed E-state index contributed by atoms with van der Waals surface area (Å²) < 4.78 is 5.44. The minimum atomic E-state index is -0.446. The van der Waals surface area contributed by atoms with Crippen molar-refractivity contribution in [1.29, 1.82) is 0 Å². The number of halogens is 1. The quantitative estimate of drug-likeness (QED) is 0.509. The molecule has 0 spiro atoms. The highest BCUT2D eigenvalue weighted by atomic mass is 79.9. The second-order valence-corrected chi connectivity index (χ2v) is 3.27. The van der Waals surface area contributed by atoms with Gasteiger partial charge in [-0.25, -0.2) is 0 Å². The van der Waals surface area contributed by atoms with E-state index in [4.69, 9.17) is 10.2 Å². The molecule has 1 rings (SSSR count). The molecule has 0 radical (unpaired) electrons. The molecule has 0 unspecified atom stereocenters. The zero-order valence-corrected chi connectivity index (χ0v) is 8.74. The average Bonchev–Trinajstić information content (AvgIpc) is 2.47. The molecule has 0 aliphatic rings. The number of furan rings is 1. The van der Waals surface area contributed by atoms with Gasteiger partial charge in [0.2, 0.25) is 0 Å². The number of hydrogen-bond donors (Lipinski definition) is 3. The molecule has 0 fully saturated rings. The van der Waals surface area contributed by atoms with Gasteiger partial charge in [0.15, 0.2) is 15.5 Å². The first-order valence-corrected chi connectivity index (χ1v) is 4.41. The van der Waals surface area contributed by atoms with Gasteiger partial charge in [-0.2, -0.15) is 0 Å². The van der Waals surface area contributed by atoms with E-state index in [0.717, 1.165) is 0 Å². The van der Waals surface area contributed by atoms with Gasteiger partial charge in [0, 0.05) is 0 Å². The first kappa shape index (κ1) is 10.0. The zero-order chi connectivity index (χ0) is 9.84. The third-order valence-corrected chi connectivity index (χ3v) is 1.62. The summed E-state index contributed by atoms with van der Waals surface area (Å²) in [5.41, 5.74) is 9.62. The SMILES string of the molecule is NC(=S)NNC(=O)c1ccc(Br)o1. The molecule has 4 N–H and O–H groups in total. The highest BCUT2D eigenvalue weighted by Gasteiger charge is 2.09. The Hall–Kier alpha value is -1.08. The maximum absolute atomic E-state index is 11.2. The van der Waals surface area contributed by atoms with Crippen LogP contribution in [0.1, 0.15) is 10.6 Å². The highest BCUT2D eigenvalue weighted by molar-refractivity contribution is 9.10. The molecule has 1 aromatic heterocycles. The summed E-state index contributed by atoms with van der Waals surface area (Å²) in [5, 5.41) is -0.0148. The van der Waals surface area contributed by atoms with E-state index in [0.29, 0.717) is 4.67 Å². The molecule has 0 bridgehead atoms. The molecular formula is C6H6BrN3O2S. The lowest BCUT2D eigenvalue weighted by atomic mass is 10.4. The van der Waals surface area contributed by atoms with Crippen LogP contribution in [0, 0.1) is 0 Å². The average molecular weight is 264 g/mol. The van der Waals surface area contributed by atoms with E-state index < -0.39 is 5.91 Å². The molecule has 1 heterocycles. The third-order valence-electron chi connectivity index (χ3n) is 1.10. The van der Waals surface area contributed by atoms with Crippen LogP contribution in [0.25, 0.3) is 0 Å². The van der Waals surface area contributed by atoms with Gasteiger partial charge in [-0.15, -0.1) is 0 Å². The number of nitrogens with one attached hydrogen (secondary N) is 2. The molecule has 0 aliphatic carbocycles. The number of amides is 1. The lowest BCUT2D eigenvalue weighted by Crippen LogP contribution is -2.44. The number of thiocarbonyl (C=S) groups is 1. The Labute approximate surface area is 87.8 Å². The van der Waals surface area contributed by atoms with Crippen LogP contribution in [0.5, 0.6) is 0 Å². The molecular weight excluding hydrogens is 258 g/mol. The molecule has 0 atom stereocenters. The van der Waals surface area contributed by atoms with Gasteiger partial charge in [-0.3, -0.25) is 15.6 Å². The number of hydrazine groups is 1. The van der Waals surface area contributed by atoms with Crippen LogP contribution in [0.3, 0.4) is 0 Å². The van der Waals surface area contributed by atoms with Crippen molar-refractivity contribution >= 4 is 39.2 Å². The highest BCUT2D eigenvalue weighted by Crippen LogP contribution is 2.13. The molecule has 0 saturated carbocycles. The van der Waals surface area contributed by atoms with Crippen LogP contribution in [0.4, 0.5) is 0 Å². The summed E-state index contributed by atoms with van der Waals surface area (Å²) in [7, 11) is 0. The molecule has 7 heteroatoms. The number of rotatable bonds is 1. The zero-order valence-electron chi connectivity index (χ0n) is 6.33. The van der Waals surface area contributed by atoms with E-state index in [9.17, 15) is 4.79 Å². The van der Waals surface area contributed by atoms with Crippen molar-refractivity contribution in [2.24, 2.45) is 5.73 Å². The monoisotopic (exact) mass is 263 g/mol. The van der Waals surface area contributed by atoms with Crippen molar-refractivity contribution in [2.75, 3.05) is 0 Å². The Bertz CT molecular complexity index is 338. The Balaban J connectivity index is 2.54. The largest absolute Gasteiger partial charge is 0.444 e. The van der Waals surface area contributed by atoms with Gasteiger partial charge in [-0.05, 0) is 40.3 Å². The predicted molar refractivity (Wildman–Crippen MR) is 53.8 cm³/mol. The van der Waals surface area contributed by atoms with E-state index >= 15 is 0 Å². The van der Waals surface area contributed by atoms with E-state index in [2.05, 4.69) is 39.0 Å². The molecule has 0 aromatic carbocycles. The Morgan fingerprint density at radius 3 is 2.69 bits per heavy atom. The van der Waals surface area contributed by atoms with Crippen molar-refractivity contribution in [3.05, 3.63) is 22.6 Å². The molecule has 1 aromatic rings. The fraction of sp³-hybridized carbons (Fsp3) is 0. The van der Waals surface area contributed by atoms with Crippen LogP contribution in [0.2, 0.25) is 0 Å². The van der Waals surface area contributed by atoms with Crippen LogP contribution >= 0.6 is 28.1 Å². The van der Waals surface area contributed by atoms with Crippen molar-refractivity contribution in [1.82, 2.24) is 10.9 Å². The number of nitrogens with two attached hydrogens (primary N) is 1. The van der Waals surface area contributed by atoms with Crippen molar-refractivity contribution < 1.29 is 9.21 Å². The standard InChI is InChI=1S/C6H6BrN3O2S/c7-4-2-1-3(12-4)5(11)9-10-6(8)13/h1-2H,(H,9,11)(H3,8,10,13). The van der Waals surface area contributed by atoms with E-state index in [-0.39, 0.29) is 10.9 Å². The first-order chi connectivity index (χ1) is 6.09. The van der Waals surface area contributed by atoms with Gasteiger partial charge in [-0.1, -0.05) is 0 Å². The Morgan fingerprint density at radius 2 is 2.23 bits per heavy atom. The number of carbonyl (C=O) groups is 1. The van der Waals surface area contributed by atoms with Gasteiger partial charge >= 0.3 is 5.91 Å². The second kappa shape index (κ2) is 4.24. The van der Waals surface area contributed by atoms with E-state index in [1.807, 2.05) is 0 Å². The summed E-state index contributed by atoms with van der Waals surface area (Å²) >= 11 is 7.54. The summed E-state index contributed by atoms with van der Waals surface area (Å²) in [6, 6.07) is 3.12. The second-order valence-electron chi connectivity index (χ2n) is 2.05. The number of hydrogen-bond acceptors (Lipinski definition) is 3. The van der Waals surface area contributed by atoms with Crippen molar-refractivity contribution in [3.8, 4) is 0 Å². The van der Waals surface area contributed by atoms with Gasteiger partial charge in [0.25, 0.3) is 0 Å². The summed E-state index contributed by atoms with van der Waals surface area (Å²) in [6.45, 7) is 0. The lowest BCUT2D eigenvalue weighted by Gasteiger charge is -2.02. The van der Waals surface area contributed by atoms with Crippen molar-refractivity contribution in [3.63, 3.8) is 0 Å². The molecule has 0 aliphatic heterocycles. The lowest BCUT2D eigenvalue weighted by molar-refractivity contribution is 0.0915. The topological polar surface area (TPSA) is 80.3 Å². The molecule has 70 valence electrons. The van der Waals surface area contributed by atoms with E-state index in [1.54, 1.807) is 6.07 Å². The maximum Gasteiger partial charge on any atom is 0.305 e. The number of carbonyl (C=O) groups excluding carboxylic acids is 1. The summed E-state index contributed by atoms with van der Waals surface area (Å²) in [5.74, 6) is -0.283. The first-order valence-electron chi connectivity index (χ1n) is 3.20. The Morgan fingerprint density at radius 1 is 1.54 bits per heavy atom. The Kier molecular flexibility index (Phi) is 3.26. The smallest absolute Gasteiger partial charge is 0.305 e. The predicted octanol–water partition coefficient (Wildman–Crippen LogP) is 0.520. The van der Waals surface area contributed by atoms with Crippen LogP contribution in [-0.4, -0.2) is 11.0 Å². The van der Waals surface area contributed by atoms with E-state index in [1.165, 1.54) is 6.07 Å². The maximum atomic E-state index is 11.2. The van der Waals surface area contributed by atoms with Crippen LogP contribution < -0.4 is 16.6 Å². The minimum Gasteiger partial charge on any atom is -0.444 e. The molecule has 1 amide bonds. The van der Waals surface area contributed by atoms with Gasteiger partial charge < -0.3 is 10.2 Å². The minimum absolute atomic E-state index is 0.0148. The fourth-order valence-corrected chi connectivity index (χ4v) is 0.974. The molecule has 13 heavy (non-hydrogen) atoms. The summed E-state index contributed by atoms with van der Waals surface area (Å²) in [4.78, 5) is 11.2. The van der Waals surface area contributed by atoms with Gasteiger partial charge in [0.1, 0.15) is 0 Å². The third kappa shape index (κ3) is 3.03. The summed E-state index contributed by atoms with van der Waals surface area (Å²) in [6.07, 6.45) is 0. The fourth-order valence-electron chi connectivity index (χ4n) is 0.616. The van der Waals surface area contributed by atoms with Gasteiger partial charge in [0.05, 0.1) is 0 Å².